The van der Waals surface area contributed by atoms with Gasteiger partial charge < -0.3 is 15.1 Å². The van der Waals surface area contributed by atoms with Crippen molar-refractivity contribution in [1.29, 1.82) is 5.26 Å². The maximum Gasteiger partial charge on any atom is 0.237 e. The van der Waals surface area contributed by atoms with Gasteiger partial charge in [-0.15, -0.1) is 0 Å². The maximum atomic E-state index is 12.1. The molecule has 7 nitrogen and oxygen atoms in total. The molecule has 0 bridgehead atoms. The summed E-state index contributed by atoms with van der Waals surface area (Å²) in [7, 11) is 0. The zero-order valence-electron chi connectivity index (χ0n) is 13.7. The van der Waals surface area contributed by atoms with Crippen LogP contribution in [0.25, 0.3) is 0 Å². The number of hydrogen-bond donors (Lipinski definition) is 1. The molecule has 2 fully saturated rings. The summed E-state index contributed by atoms with van der Waals surface area (Å²) in [6.45, 7) is 6.72. The molecule has 1 amide bonds. The van der Waals surface area contributed by atoms with Gasteiger partial charge in [0.2, 0.25) is 5.91 Å². The molecule has 0 radical (unpaired) electrons. The molecule has 1 atom stereocenters. The van der Waals surface area contributed by atoms with Crippen molar-refractivity contribution in [1.82, 2.24) is 15.1 Å². The van der Waals surface area contributed by atoms with Gasteiger partial charge in [-0.25, -0.2) is 4.99 Å². The van der Waals surface area contributed by atoms with Crippen LogP contribution in [0, 0.1) is 11.3 Å². The molecular formula is C17H22N6O. The van der Waals surface area contributed by atoms with E-state index in [4.69, 9.17) is 5.26 Å². The molecule has 0 saturated carbocycles. The fourth-order valence-corrected chi connectivity index (χ4v) is 3.74. The van der Waals surface area contributed by atoms with E-state index in [0.29, 0.717) is 0 Å². The molecule has 1 N–H and O–H groups in total. The first-order chi connectivity index (χ1) is 11.7. The predicted octanol–water partition coefficient (Wildman–Crippen LogP) is 1.02. The lowest BCUT2D eigenvalue weighted by atomic mass is 9.83. The summed E-state index contributed by atoms with van der Waals surface area (Å²) >= 11 is 0. The Morgan fingerprint density at radius 3 is 2.96 bits per heavy atom. The molecule has 1 unspecified atom stereocenters. The van der Waals surface area contributed by atoms with Crippen molar-refractivity contribution >= 4 is 19.0 Å². The van der Waals surface area contributed by atoms with Gasteiger partial charge in [0.1, 0.15) is 18.6 Å². The van der Waals surface area contributed by atoms with Gasteiger partial charge in [0.25, 0.3) is 0 Å². The molecule has 3 rings (SSSR count). The molecule has 3 aliphatic rings. The quantitative estimate of drug-likeness (QED) is 0.617. The number of nitriles is 1. The van der Waals surface area contributed by atoms with Crippen LogP contribution in [0.1, 0.15) is 25.7 Å². The number of nitrogens with zero attached hydrogens (tertiary/aromatic N) is 5. The first kappa shape index (κ1) is 16.2. The van der Waals surface area contributed by atoms with Crippen LogP contribution in [0.5, 0.6) is 0 Å². The summed E-state index contributed by atoms with van der Waals surface area (Å²) in [5, 5.41) is 12.0. The summed E-state index contributed by atoms with van der Waals surface area (Å²) in [6.07, 6.45) is 8.23. The average molecular weight is 326 g/mol. The highest BCUT2D eigenvalue weighted by molar-refractivity contribution is 5.80. The van der Waals surface area contributed by atoms with Crippen LogP contribution in [0.15, 0.2) is 33.7 Å². The van der Waals surface area contributed by atoms with Crippen molar-refractivity contribution in [3.05, 3.63) is 23.7 Å². The average Bonchev–Trinajstić information content (AvgIpc) is 3.03. The summed E-state index contributed by atoms with van der Waals surface area (Å²) in [6, 6.07) is 1.96. The first-order valence-corrected chi connectivity index (χ1v) is 8.24. The number of allylic oxidation sites excluding steroid dienone is 1. The second kappa shape index (κ2) is 6.87. The first-order valence-electron chi connectivity index (χ1n) is 8.24. The number of rotatable bonds is 4. The molecule has 24 heavy (non-hydrogen) atoms. The van der Waals surface area contributed by atoms with Crippen molar-refractivity contribution in [3.63, 3.8) is 0 Å². The largest absolute Gasteiger partial charge is 0.391 e. The Balaban J connectivity index is 1.80. The standard InChI is InChI=1S/C17H22N6O/c1-19-13-21-16(14-3-8-20-9-4-14)22-10-5-17(12-22)6-11-23(17)15(24)2-7-18/h3,8,13,20H,1-2,4-6,9-12H2/b16-14+,21-13-. The van der Waals surface area contributed by atoms with Gasteiger partial charge in [-0.1, -0.05) is 0 Å². The monoisotopic (exact) mass is 326 g/mol. The van der Waals surface area contributed by atoms with Gasteiger partial charge >= 0.3 is 0 Å². The molecule has 0 aromatic heterocycles. The number of carbonyl (C=O) groups is 1. The Labute approximate surface area is 142 Å². The third-order valence-electron chi connectivity index (χ3n) is 5.03. The fraction of sp³-hybridized carbons (Fsp3) is 0.529. The van der Waals surface area contributed by atoms with Crippen molar-refractivity contribution < 1.29 is 4.79 Å². The zero-order chi connectivity index (χ0) is 17.0. The van der Waals surface area contributed by atoms with Gasteiger partial charge in [-0.2, -0.15) is 5.26 Å². The summed E-state index contributed by atoms with van der Waals surface area (Å²) in [4.78, 5) is 24.5. The number of amides is 1. The Bertz CT molecular complexity index is 658. The molecule has 0 aromatic carbocycles. The van der Waals surface area contributed by atoms with Crippen molar-refractivity contribution in [2.45, 2.75) is 31.2 Å². The van der Waals surface area contributed by atoms with Crippen molar-refractivity contribution in [2.24, 2.45) is 9.98 Å². The summed E-state index contributed by atoms with van der Waals surface area (Å²) in [5.74, 6) is 0.856. The van der Waals surface area contributed by atoms with Crippen LogP contribution in [0.4, 0.5) is 0 Å². The van der Waals surface area contributed by atoms with E-state index in [0.717, 1.165) is 51.3 Å². The molecule has 3 heterocycles. The number of hydrogen-bond acceptors (Lipinski definition) is 5. The molecule has 3 aliphatic heterocycles. The highest BCUT2D eigenvalue weighted by Gasteiger charge is 2.51. The number of aliphatic imine (C=N–C) groups is 2. The minimum absolute atomic E-state index is 0.0390. The van der Waals surface area contributed by atoms with E-state index >= 15 is 0 Å². The van der Waals surface area contributed by atoms with Crippen LogP contribution in [-0.4, -0.2) is 60.5 Å². The van der Waals surface area contributed by atoms with E-state index in [-0.39, 0.29) is 17.9 Å². The Hall–Kier alpha value is -2.62. The number of carbonyl (C=O) groups excluding carboxylic acids is 1. The van der Waals surface area contributed by atoms with Crippen LogP contribution in [0.2, 0.25) is 0 Å². The van der Waals surface area contributed by atoms with E-state index in [1.165, 1.54) is 11.9 Å². The van der Waals surface area contributed by atoms with Crippen LogP contribution < -0.4 is 5.32 Å². The second-order valence-corrected chi connectivity index (χ2v) is 6.34. The Kier molecular flexibility index (Phi) is 4.65. The van der Waals surface area contributed by atoms with Crippen molar-refractivity contribution in [3.8, 4) is 6.07 Å². The molecule has 7 heteroatoms. The highest BCUT2D eigenvalue weighted by Crippen LogP contribution is 2.41. The second-order valence-electron chi connectivity index (χ2n) is 6.34. The fourth-order valence-electron chi connectivity index (χ4n) is 3.74. The van der Waals surface area contributed by atoms with Gasteiger partial charge in [0.15, 0.2) is 0 Å². The van der Waals surface area contributed by atoms with Gasteiger partial charge in [-0.05, 0) is 43.8 Å². The smallest absolute Gasteiger partial charge is 0.237 e. The topological polar surface area (TPSA) is 84.1 Å². The Morgan fingerprint density at radius 2 is 2.33 bits per heavy atom. The minimum atomic E-state index is -0.131. The molecule has 0 aromatic rings. The van der Waals surface area contributed by atoms with Crippen LogP contribution in [-0.2, 0) is 4.79 Å². The van der Waals surface area contributed by atoms with Crippen LogP contribution >= 0.6 is 0 Å². The third-order valence-corrected chi connectivity index (χ3v) is 5.03. The molecule has 1 spiro atoms. The van der Waals surface area contributed by atoms with E-state index < -0.39 is 0 Å². The van der Waals surface area contributed by atoms with E-state index in [1.54, 1.807) is 0 Å². The number of nitrogens with one attached hydrogen (secondary N) is 1. The minimum Gasteiger partial charge on any atom is -0.391 e. The molecule has 0 aliphatic carbocycles. The van der Waals surface area contributed by atoms with E-state index in [2.05, 4.69) is 26.9 Å². The lowest BCUT2D eigenvalue weighted by Crippen LogP contribution is -2.63. The third kappa shape index (κ3) is 2.92. The Morgan fingerprint density at radius 1 is 1.50 bits per heavy atom. The van der Waals surface area contributed by atoms with E-state index in [1.807, 2.05) is 23.2 Å². The lowest BCUT2D eigenvalue weighted by Gasteiger charge is -2.50. The molecular weight excluding hydrogens is 304 g/mol. The highest BCUT2D eigenvalue weighted by atomic mass is 16.2. The van der Waals surface area contributed by atoms with Crippen molar-refractivity contribution in [2.75, 3.05) is 26.2 Å². The van der Waals surface area contributed by atoms with Gasteiger partial charge in [0.05, 0.1) is 11.6 Å². The summed E-state index contributed by atoms with van der Waals surface area (Å²) < 4.78 is 0. The van der Waals surface area contributed by atoms with Crippen LogP contribution in [0.3, 0.4) is 0 Å². The van der Waals surface area contributed by atoms with Gasteiger partial charge in [-0.3, -0.25) is 9.79 Å². The van der Waals surface area contributed by atoms with E-state index in [9.17, 15) is 4.79 Å². The molecule has 126 valence electrons. The SMILES string of the molecule is C=N/C=N\C(=C1\C=CNCC1)N1CCC2(CCN2C(=O)CC#N)C1. The zero-order valence-corrected chi connectivity index (χ0v) is 13.7. The summed E-state index contributed by atoms with van der Waals surface area (Å²) in [5.41, 5.74) is 1.04. The normalized spacial score (nSPS) is 27.8. The van der Waals surface area contributed by atoms with Gasteiger partial charge in [0, 0.05) is 26.2 Å². The number of likely N-dealkylation sites (tertiary alicyclic amines) is 2. The lowest BCUT2D eigenvalue weighted by molar-refractivity contribution is -0.145. The maximum absolute atomic E-state index is 12.1. The molecule has 2 saturated heterocycles. The predicted molar refractivity (Wildman–Crippen MR) is 92.3 cm³/mol.